The van der Waals surface area contributed by atoms with E-state index in [4.69, 9.17) is 9.15 Å². The fourth-order valence-electron chi connectivity index (χ4n) is 3.27. The second-order valence-electron chi connectivity index (χ2n) is 6.52. The van der Waals surface area contributed by atoms with Gasteiger partial charge in [0.25, 0.3) is 5.56 Å². The monoisotopic (exact) mass is 381 g/mol. The zero-order chi connectivity index (χ0) is 19.7. The molecule has 0 fully saturated rings. The van der Waals surface area contributed by atoms with Crippen LogP contribution in [-0.2, 0) is 16.0 Å². The number of rotatable bonds is 5. The Kier molecular flexibility index (Phi) is 4.64. The SMILES string of the molecule is COC(=O)[C@@H]1CCc2ncc(NC(C)c3nnc(-c4ccccc4)o3)c(=O)n21. The van der Waals surface area contributed by atoms with Crippen molar-refractivity contribution in [2.45, 2.75) is 31.8 Å². The third kappa shape index (κ3) is 3.15. The quantitative estimate of drug-likeness (QED) is 0.669. The maximum Gasteiger partial charge on any atom is 0.329 e. The molecule has 1 aliphatic rings. The first-order chi connectivity index (χ1) is 13.6. The number of anilines is 1. The van der Waals surface area contributed by atoms with E-state index in [-0.39, 0.29) is 11.2 Å². The minimum absolute atomic E-state index is 0.256. The molecule has 3 heterocycles. The van der Waals surface area contributed by atoms with Crippen molar-refractivity contribution >= 4 is 11.7 Å². The summed E-state index contributed by atoms with van der Waals surface area (Å²) in [5.74, 6) is 0.868. The van der Waals surface area contributed by atoms with Gasteiger partial charge in [-0.25, -0.2) is 9.78 Å². The van der Waals surface area contributed by atoms with E-state index in [0.29, 0.717) is 30.4 Å². The van der Waals surface area contributed by atoms with Crippen LogP contribution in [0.4, 0.5) is 5.69 Å². The Morgan fingerprint density at radius 1 is 1.32 bits per heavy atom. The summed E-state index contributed by atoms with van der Waals surface area (Å²) in [6.07, 6.45) is 2.52. The molecule has 0 bridgehead atoms. The van der Waals surface area contributed by atoms with Crippen LogP contribution in [0.1, 0.15) is 37.1 Å². The fraction of sp³-hybridized carbons (Fsp3) is 0.316. The third-order valence-corrected chi connectivity index (χ3v) is 4.70. The number of nitrogens with one attached hydrogen (secondary N) is 1. The fourth-order valence-corrected chi connectivity index (χ4v) is 3.27. The number of ether oxygens (including phenoxy) is 1. The van der Waals surface area contributed by atoms with Crippen molar-refractivity contribution in [2.75, 3.05) is 12.4 Å². The topological polar surface area (TPSA) is 112 Å². The van der Waals surface area contributed by atoms with Gasteiger partial charge in [-0.1, -0.05) is 18.2 Å². The minimum Gasteiger partial charge on any atom is -0.467 e. The van der Waals surface area contributed by atoms with E-state index in [1.165, 1.54) is 17.9 Å². The Hall–Kier alpha value is -3.49. The lowest BCUT2D eigenvalue weighted by molar-refractivity contribution is -0.144. The van der Waals surface area contributed by atoms with Gasteiger partial charge < -0.3 is 14.5 Å². The molecule has 1 N–H and O–H groups in total. The number of aryl methyl sites for hydroxylation is 1. The van der Waals surface area contributed by atoms with Crippen LogP contribution < -0.4 is 10.9 Å². The number of fused-ring (bicyclic) bond motifs is 1. The van der Waals surface area contributed by atoms with Gasteiger partial charge in [-0.2, -0.15) is 0 Å². The predicted octanol–water partition coefficient (Wildman–Crippen LogP) is 2.13. The third-order valence-electron chi connectivity index (χ3n) is 4.70. The highest BCUT2D eigenvalue weighted by atomic mass is 16.5. The molecule has 0 saturated heterocycles. The molecule has 28 heavy (non-hydrogen) atoms. The van der Waals surface area contributed by atoms with E-state index in [1.807, 2.05) is 30.3 Å². The number of hydrogen-bond donors (Lipinski definition) is 1. The van der Waals surface area contributed by atoms with Crippen molar-refractivity contribution in [3.05, 3.63) is 58.6 Å². The van der Waals surface area contributed by atoms with Crippen molar-refractivity contribution in [1.82, 2.24) is 19.7 Å². The molecule has 0 saturated carbocycles. The molecule has 0 aliphatic carbocycles. The second-order valence-corrected chi connectivity index (χ2v) is 6.52. The summed E-state index contributed by atoms with van der Waals surface area (Å²) in [6.45, 7) is 1.80. The Morgan fingerprint density at radius 2 is 2.11 bits per heavy atom. The molecule has 1 unspecified atom stereocenters. The zero-order valence-electron chi connectivity index (χ0n) is 15.5. The van der Waals surface area contributed by atoms with Crippen molar-refractivity contribution in [2.24, 2.45) is 0 Å². The van der Waals surface area contributed by atoms with Gasteiger partial charge in [-0.3, -0.25) is 9.36 Å². The molecule has 3 aromatic rings. The standard InChI is InChI=1S/C19H19N5O4/c1-11(16-22-23-17(28-16)12-6-4-3-5-7-12)21-13-10-20-15-9-8-14(19(26)27-2)24(15)18(13)25/h3-7,10-11,14,21H,8-9H2,1-2H3/t11?,14-/m0/s1. The number of methoxy groups -OCH3 is 1. The highest BCUT2D eigenvalue weighted by Gasteiger charge is 2.32. The van der Waals surface area contributed by atoms with E-state index < -0.39 is 18.1 Å². The first kappa shape index (κ1) is 17.9. The lowest BCUT2D eigenvalue weighted by Crippen LogP contribution is -2.31. The van der Waals surface area contributed by atoms with Crippen LogP contribution in [-0.4, -0.2) is 32.8 Å². The summed E-state index contributed by atoms with van der Waals surface area (Å²) in [4.78, 5) is 29.1. The van der Waals surface area contributed by atoms with E-state index in [9.17, 15) is 9.59 Å². The van der Waals surface area contributed by atoms with Crippen LogP contribution in [0.25, 0.3) is 11.5 Å². The molecule has 4 rings (SSSR count). The summed E-state index contributed by atoms with van der Waals surface area (Å²) in [6, 6.07) is 8.35. The van der Waals surface area contributed by atoms with Crippen LogP contribution >= 0.6 is 0 Å². The first-order valence-corrected chi connectivity index (χ1v) is 8.92. The molecule has 0 spiro atoms. The summed E-state index contributed by atoms with van der Waals surface area (Å²) in [5.41, 5.74) is 0.743. The van der Waals surface area contributed by atoms with Crippen LogP contribution in [0.3, 0.4) is 0 Å². The number of benzene rings is 1. The van der Waals surface area contributed by atoms with Crippen molar-refractivity contribution in [1.29, 1.82) is 0 Å². The Balaban J connectivity index is 1.58. The van der Waals surface area contributed by atoms with E-state index in [1.54, 1.807) is 6.92 Å². The molecule has 2 atom stereocenters. The molecule has 1 aromatic carbocycles. The predicted molar refractivity (Wildman–Crippen MR) is 99.6 cm³/mol. The van der Waals surface area contributed by atoms with Gasteiger partial charge >= 0.3 is 5.97 Å². The molecule has 9 nitrogen and oxygen atoms in total. The molecule has 1 aliphatic heterocycles. The first-order valence-electron chi connectivity index (χ1n) is 8.92. The average Bonchev–Trinajstić information content (AvgIpc) is 3.38. The largest absolute Gasteiger partial charge is 0.467 e. The van der Waals surface area contributed by atoms with Gasteiger partial charge in [0.15, 0.2) is 0 Å². The minimum atomic E-state index is -0.648. The van der Waals surface area contributed by atoms with Crippen LogP contribution in [0.2, 0.25) is 0 Å². The normalized spacial score (nSPS) is 16.4. The average molecular weight is 381 g/mol. The summed E-state index contributed by atoms with van der Waals surface area (Å²) >= 11 is 0. The number of aromatic nitrogens is 4. The lowest BCUT2D eigenvalue weighted by Gasteiger charge is -2.15. The van der Waals surface area contributed by atoms with Gasteiger partial charge in [0, 0.05) is 12.0 Å². The highest BCUT2D eigenvalue weighted by molar-refractivity contribution is 5.74. The number of carbonyl (C=O) groups is 1. The smallest absolute Gasteiger partial charge is 0.329 e. The van der Waals surface area contributed by atoms with Gasteiger partial charge in [0.05, 0.1) is 13.3 Å². The van der Waals surface area contributed by atoms with Gasteiger partial charge in [-0.05, 0) is 25.5 Å². The van der Waals surface area contributed by atoms with Crippen LogP contribution in [0, 0.1) is 0 Å². The van der Waals surface area contributed by atoms with Crippen molar-refractivity contribution in [3.63, 3.8) is 0 Å². The molecule has 0 amide bonds. The number of nitrogens with zero attached hydrogens (tertiary/aromatic N) is 4. The molecule has 144 valence electrons. The Bertz CT molecular complexity index is 1060. The van der Waals surface area contributed by atoms with E-state index in [2.05, 4.69) is 20.5 Å². The van der Waals surface area contributed by atoms with E-state index >= 15 is 0 Å². The van der Waals surface area contributed by atoms with Gasteiger partial charge in [0.1, 0.15) is 23.6 Å². The summed E-state index contributed by atoms with van der Waals surface area (Å²) in [7, 11) is 1.31. The Morgan fingerprint density at radius 3 is 2.86 bits per heavy atom. The van der Waals surface area contributed by atoms with Crippen molar-refractivity contribution in [3.8, 4) is 11.5 Å². The lowest BCUT2D eigenvalue weighted by atomic mass is 10.2. The molecule has 0 radical (unpaired) electrons. The summed E-state index contributed by atoms with van der Waals surface area (Å²) in [5, 5.41) is 11.2. The maximum atomic E-state index is 12.9. The number of esters is 1. The van der Waals surface area contributed by atoms with Crippen LogP contribution in [0.15, 0.2) is 45.7 Å². The maximum absolute atomic E-state index is 12.9. The zero-order valence-corrected chi connectivity index (χ0v) is 15.5. The number of carbonyl (C=O) groups excluding carboxylic acids is 1. The van der Waals surface area contributed by atoms with Crippen molar-refractivity contribution < 1.29 is 13.9 Å². The molecular weight excluding hydrogens is 362 g/mol. The molecule has 2 aromatic heterocycles. The van der Waals surface area contributed by atoms with Gasteiger partial charge in [0.2, 0.25) is 11.8 Å². The molecular formula is C19H19N5O4. The van der Waals surface area contributed by atoms with Gasteiger partial charge in [-0.15, -0.1) is 10.2 Å². The highest BCUT2D eigenvalue weighted by Crippen LogP contribution is 2.25. The van der Waals surface area contributed by atoms with Crippen LogP contribution in [0.5, 0.6) is 0 Å². The molecule has 9 heteroatoms. The summed E-state index contributed by atoms with van der Waals surface area (Å²) < 4.78 is 11.9. The number of hydrogen-bond acceptors (Lipinski definition) is 8. The Labute approximate surface area is 160 Å². The van der Waals surface area contributed by atoms with E-state index in [0.717, 1.165) is 5.56 Å². The second kappa shape index (κ2) is 7.26.